The summed E-state index contributed by atoms with van der Waals surface area (Å²) in [5.41, 5.74) is 1.63. The Kier molecular flexibility index (Phi) is 3.03. The molecule has 2 rings (SSSR count). The highest BCUT2D eigenvalue weighted by atomic mass is 35.5. The minimum atomic E-state index is -4.80. The van der Waals surface area contributed by atoms with Gasteiger partial charge in [0.15, 0.2) is 0 Å². The Balaban J connectivity index is 2.19. The molecule has 0 atom stereocenters. The van der Waals surface area contributed by atoms with E-state index in [1.807, 2.05) is 0 Å². The maximum absolute atomic E-state index is 12.3. The van der Waals surface area contributed by atoms with E-state index in [9.17, 15) is 18.0 Å². The first kappa shape index (κ1) is 12.2. The number of rotatable bonds is 0. The largest absolute Gasteiger partial charge is 0.471 e. The topological polar surface area (TPSA) is 20.3 Å². The fourth-order valence-electron chi connectivity index (χ4n) is 1.87. The molecule has 0 aliphatic carbocycles. The van der Waals surface area contributed by atoms with Crippen molar-refractivity contribution in [1.29, 1.82) is 0 Å². The molecule has 0 bridgehead atoms. The molecule has 0 radical (unpaired) electrons. The van der Waals surface area contributed by atoms with Gasteiger partial charge >= 0.3 is 12.1 Å². The van der Waals surface area contributed by atoms with Gasteiger partial charge in [0.05, 0.1) is 0 Å². The lowest BCUT2D eigenvalue weighted by molar-refractivity contribution is -0.186. The summed E-state index contributed by atoms with van der Waals surface area (Å²) in [6.07, 6.45) is -4.40. The SMILES string of the molecule is O=C(N1CCc2cc(Cl)ccc2C1)C(F)(F)F. The summed E-state index contributed by atoms with van der Waals surface area (Å²) in [5, 5.41) is 0.555. The molecule has 1 aliphatic heterocycles. The summed E-state index contributed by atoms with van der Waals surface area (Å²) >= 11 is 5.79. The van der Waals surface area contributed by atoms with E-state index in [0.29, 0.717) is 11.4 Å². The van der Waals surface area contributed by atoms with Crippen molar-refractivity contribution in [3.8, 4) is 0 Å². The van der Waals surface area contributed by atoms with Crippen LogP contribution in [0.1, 0.15) is 11.1 Å². The second-order valence-electron chi connectivity index (χ2n) is 3.89. The number of alkyl halides is 3. The van der Waals surface area contributed by atoms with E-state index in [4.69, 9.17) is 11.6 Å². The van der Waals surface area contributed by atoms with Crippen molar-refractivity contribution in [2.24, 2.45) is 0 Å². The average molecular weight is 264 g/mol. The van der Waals surface area contributed by atoms with Crippen molar-refractivity contribution in [2.75, 3.05) is 6.54 Å². The van der Waals surface area contributed by atoms with Crippen molar-refractivity contribution in [3.05, 3.63) is 34.3 Å². The Hall–Kier alpha value is -1.23. The van der Waals surface area contributed by atoms with Crippen LogP contribution in [0, 0.1) is 0 Å². The summed E-state index contributed by atoms with van der Waals surface area (Å²) in [7, 11) is 0. The van der Waals surface area contributed by atoms with Crippen molar-refractivity contribution in [2.45, 2.75) is 19.1 Å². The van der Waals surface area contributed by atoms with Gasteiger partial charge in [0.2, 0.25) is 0 Å². The van der Waals surface area contributed by atoms with E-state index in [1.165, 1.54) is 0 Å². The fourth-order valence-corrected chi connectivity index (χ4v) is 2.07. The Bertz CT molecular complexity index is 459. The first-order chi connectivity index (χ1) is 7.88. The number of carbonyl (C=O) groups is 1. The van der Waals surface area contributed by atoms with Crippen LogP contribution in [0.15, 0.2) is 18.2 Å². The number of fused-ring (bicyclic) bond motifs is 1. The highest BCUT2D eigenvalue weighted by Gasteiger charge is 2.43. The number of nitrogens with zero attached hydrogens (tertiary/aromatic N) is 1. The van der Waals surface area contributed by atoms with E-state index in [0.717, 1.165) is 16.0 Å². The summed E-state index contributed by atoms with van der Waals surface area (Å²) in [6, 6.07) is 5.00. The second kappa shape index (κ2) is 4.22. The number of halogens is 4. The molecular weight excluding hydrogens is 255 g/mol. The lowest BCUT2D eigenvalue weighted by Crippen LogP contribution is -2.43. The molecule has 6 heteroatoms. The van der Waals surface area contributed by atoms with Crippen molar-refractivity contribution >= 4 is 17.5 Å². The molecule has 0 fully saturated rings. The van der Waals surface area contributed by atoms with Crippen LogP contribution in [-0.2, 0) is 17.8 Å². The highest BCUT2D eigenvalue weighted by molar-refractivity contribution is 6.30. The molecule has 0 saturated carbocycles. The van der Waals surface area contributed by atoms with Crippen molar-refractivity contribution < 1.29 is 18.0 Å². The van der Waals surface area contributed by atoms with Crippen molar-refractivity contribution in [1.82, 2.24) is 4.90 Å². The molecule has 2 nitrogen and oxygen atoms in total. The number of benzene rings is 1. The molecular formula is C11H9ClF3NO. The Labute approximate surface area is 101 Å². The van der Waals surface area contributed by atoms with Crippen LogP contribution in [0.4, 0.5) is 13.2 Å². The Morgan fingerprint density at radius 2 is 2.00 bits per heavy atom. The Morgan fingerprint density at radius 1 is 1.29 bits per heavy atom. The monoisotopic (exact) mass is 263 g/mol. The third-order valence-electron chi connectivity index (χ3n) is 2.71. The standard InChI is InChI=1S/C11H9ClF3NO/c12-9-2-1-8-6-16(4-3-7(8)5-9)10(17)11(13,14)15/h1-2,5H,3-4,6H2. The van der Waals surface area contributed by atoms with Gasteiger partial charge in [-0.25, -0.2) is 0 Å². The fraction of sp³-hybridized carbons (Fsp3) is 0.364. The van der Waals surface area contributed by atoms with Gasteiger partial charge in [-0.05, 0) is 29.7 Å². The van der Waals surface area contributed by atoms with Crippen LogP contribution in [0.2, 0.25) is 5.02 Å². The van der Waals surface area contributed by atoms with E-state index < -0.39 is 12.1 Å². The number of amides is 1. The molecule has 1 aromatic carbocycles. The zero-order valence-electron chi connectivity index (χ0n) is 8.72. The number of hydrogen-bond donors (Lipinski definition) is 0. The minimum Gasteiger partial charge on any atom is -0.330 e. The third kappa shape index (κ3) is 2.54. The van der Waals surface area contributed by atoms with Gasteiger partial charge in [-0.1, -0.05) is 17.7 Å². The summed E-state index contributed by atoms with van der Waals surface area (Å²) < 4.78 is 36.8. The summed E-state index contributed by atoms with van der Waals surface area (Å²) in [6.45, 7) is 0.0660. The molecule has 1 aromatic rings. The molecule has 0 aromatic heterocycles. The van der Waals surface area contributed by atoms with Gasteiger partial charge in [0.25, 0.3) is 0 Å². The maximum Gasteiger partial charge on any atom is 0.471 e. The lowest BCUT2D eigenvalue weighted by Gasteiger charge is -2.29. The van der Waals surface area contributed by atoms with Gasteiger partial charge in [0, 0.05) is 18.1 Å². The van der Waals surface area contributed by atoms with E-state index in [1.54, 1.807) is 18.2 Å². The van der Waals surface area contributed by atoms with Crippen LogP contribution in [-0.4, -0.2) is 23.5 Å². The van der Waals surface area contributed by atoms with Crippen LogP contribution < -0.4 is 0 Å². The number of hydrogen-bond acceptors (Lipinski definition) is 1. The predicted molar refractivity (Wildman–Crippen MR) is 56.6 cm³/mol. The van der Waals surface area contributed by atoms with Gasteiger partial charge < -0.3 is 4.90 Å². The first-order valence-electron chi connectivity index (χ1n) is 5.01. The second-order valence-corrected chi connectivity index (χ2v) is 4.32. The van der Waals surface area contributed by atoms with Crippen LogP contribution in [0.25, 0.3) is 0 Å². The van der Waals surface area contributed by atoms with Crippen LogP contribution in [0.3, 0.4) is 0 Å². The zero-order valence-corrected chi connectivity index (χ0v) is 9.48. The average Bonchev–Trinajstić information content (AvgIpc) is 2.26. The van der Waals surface area contributed by atoms with Crippen LogP contribution in [0.5, 0.6) is 0 Å². The predicted octanol–water partition coefficient (Wildman–Crippen LogP) is 2.79. The van der Waals surface area contributed by atoms with Gasteiger partial charge in [-0.2, -0.15) is 13.2 Å². The molecule has 0 saturated heterocycles. The first-order valence-corrected chi connectivity index (χ1v) is 5.39. The van der Waals surface area contributed by atoms with Crippen molar-refractivity contribution in [3.63, 3.8) is 0 Å². The molecule has 92 valence electrons. The third-order valence-corrected chi connectivity index (χ3v) is 2.95. The van der Waals surface area contributed by atoms with Crippen LogP contribution >= 0.6 is 11.6 Å². The number of carbonyl (C=O) groups excluding carboxylic acids is 1. The molecule has 1 amide bonds. The summed E-state index contributed by atoms with van der Waals surface area (Å²) in [4.78, 5) is 11.9. The minimum absolute atomic E-state index is 0.00908. The molecule has 0 N–H and O–H groups in total. The molecule has 0 unspecified atom stereocenters. The molecule has 17 heavy (non-hydrogen) atoms. The molecule has 0 spiro atoms. The van der Waals surface area contributed by atoms with Gasteiger partial charge in [0.1, 0.15) is 0 Å². The van der Waals surface area contributed by atoms with E-state index >= 15 is 0 Å². The molecule has 1 heterocycles. The van der Waals surface area contributed by atoms with Gasteiger partial charge in [-0.3, -0.25) is 4.79 Å². The quantitative estimate of drug-likeness (QED) is 0.705. The van der Waals surface area contributed by atoms with E-state index in [2.05, 4.69) is 0 Å². The smallest absolute Gasteiger partial charge is 0.330 e. The lowest BCUT2D eigenvalue weighted by atomic mass is 10.00. The normalized spacial score (nSPS) is 15.6. The highest BCUT2D eigenvalue weighted by Crippen LogP contribution is 2.26. The summed E-state index contributed by atoms with van der Waals surface area (Å²) in [5.74, 6) is -1.78. The van der Waals surface area contributed by atoms with Gasteiger partial charge in [-0.15, -0.1) is 0 Å². The maximum atomic E-state index is 12.3. The van der Waals surface area contributed by atoms with E-state index in [-0.39, 0.29) is 13.1 Å². The Morgan fingerprint density at radius 3 is 2.65 bits per heavy atom. The zero-order chi connectivity index (χ0) is 12.6. The molecule has 1 aliphatic rings.